The van der Waals surface area contributed by atoms with Gasteiger partial charge in [-0.05, 0) is 18.6 Å². The first-order chi connectivity index (χ1) is 9.16. The average molecular weight is 283 g/mol. The number of halogens is 1. The Bertz CT molecular complexity index is 479. The van der Waals surface area contributed by atoms with Crippen molar-refractivity contribution >= 4 is 23.4 Å². The van der Waals surface area contributed by atoms with Crippen LogP contribution in [0.15, 0.2) is 24.3 Å². The molecule has 1 aliphatic heterocycles. The fourth-order valence-electron chi connectivity index (χ4n) is 1.81. The predicted octanol–water partition coefficient (Wildman–Crippen LogP) is 1.07. The highest BCUT2D eigenvalue weighted by Crippen LogP contribution is 2.22. The number of nitrogens with one attached hydrogen (secondary N) is 1. The molecule has 0 bridgehead atoms. The maximum absolute atomic E-state index is 12.0. The first-order valence-electron chi connectivity index (χ1n) is 6.08. The predicted molar refractivity (Wildman–Crippen MR) is 71.2 cm³/mol. The highest BCUT2D eigenvalue weighted by atomic mass is 35.5. The minimum absolute atomic E-state index is 0.0880. The van der Waals surface area contributed by atoms with E-state index in [2.05, 4.69) is 5.32 Å². The number of amides is 2. The quantitative estimate of drug-likeness (QED) is 0.902. The van der Waals surface area contributed by atoms with Gasteiger partial charge in [0.15, 0.2) is 6.61 Å². The summed E-state index contributed by atoms with van der Waals surface area (Å²) in [6.45, 7) is 1.14. The van der Waals surface area contributed by atoms with Crippen LogP contribution in [-0.4, -0.2) is 43.0 Å². The number of hydrogen-bond donors (Lipinski definition) is 1. The van der Waals surface area contributed by atoms with E-state index in [1.807, 2.05) is 0 Å². The van der Waals surface area contributed by atoms with Gasteiger partial charge in [-0.15, -0.1) is 0 Å². The zero-order valence-corrected chi connectivity index (χ0v) is 11.2. The summed E-state index contributed by atoms with van der Waals surface area (Å²) in [5.41, 5.74) is 0. The maximum Gasteiger partial charge on any atom is 0.260 e. The minimum Gasteiger partial charge on any atom is -0.482 e. The number of para-hydroxylation sites is 1. The summed E-state index contributed by atoms with van der Waals surface area (Å²) < 4.78 is 5.37. The number of carbonyl (C=O) groups excluding carboxylic acids is 2. The molecule has 5 nitrogen and oxygen atoms in total. The largest absolute Gasteiger partial charge is 0.482 e. The third-order valence-electron chi connectivity index (χ3n) is 2.80. The molecule has 0 atom stereocenters. The van der Waals surface area contributed by atoms with Gasteiger partial charge in [0.2, 0.25) is 5.91 Å². The van der Waals surface area contributed by atoms with Crippen molar-refractivity contribution in [3.63, 3.8) is 0 Å². The van der Waals surface area contributed by atoms with Crippen LogP contribution in [0.4, 0.5) is 0 Å². The van der Waals surface area contributed by atoms with Gasteiger partial charge in [-0.3, -0.25) is 9.59 Å². The highest BCUT2D eigenvalue weighted by molar-refractivity contribution is 6.32. The minimum atomic E-state index is -0.211. The number of benzene rings is 1. The Morgan fingerprint density at radius 1 is 1.42 bits per heavy atom. The summed E-state index contributed by atoms with van der Waals surface area (Å²) in [7, 11) is 0. The molecule has 1 aromatic carbocycles. The zero-order valence-electron chi connectivity index (χ0n) is 10.4. The van der Waals surface area contributed by atoms with Crippen molar-refractivity contribution in [2.24, 2.45) is 0 Å². The van der Waals surface area contributed by atoms with Crippen molar-refractivity contribution < 1.29 is 14.3 Å². The van der Waals surface area contributed by atoms with Gasteiger partial charge in [0.05, 0.1) is 11.6 Å². The molecule has 0 unspecified atom stereocenters. The van der Waals surface area contributed by atoms with Crippen molar-refractivity contribution in [2.75, 3.05) is 26.2 Å². The van der Waals surface area contributed by atoms with E-state index in [1.54, 1.807) is 24.3 Å². The molecule has 102 valence electrons. The van der Waals surface area contributed by atoms with Crippen LogP contribution in [0.5, 0.6) is 5.75 Å². The van der Waals surface area contributed by atoms with Gasteiger partial charge >= 0.3 is 0 Å². The van der Waals surface area contributed by atoms with Gasteiger partial charge in [0.1, 0.15) is 5.75 Å². The number of ether oxygens (including phenoxy) is 1. The lowest BCUT2D eigenvalue weighted by Gasteiger charge is -2.19. The lowest BCUT2D eigenvalue weighted by atomic mass is 10.3. The molecule has 0 aliphatic carbocycles. The molecule has 0 saturated carbocycles. The fourth-order valence-corrected chi connectivity index (χ4v) is 2.00. The van der Waals surface area contributed by atoms with Crippen molar-refractivity contribution in [1.82, 2.24) is 10.2 Å². The SMILES string of the molecule is O=C1CN(C(=O)COc2ccccc2Cl)CCCN1. The van der Waals surface area contributed by atoms with E-state index in [-0.39, 0.29) is 25.0 Å². The van der Waals surface area contributed by atoms with Crippen molar-refractivity contribution in [1.29, 1.82) is 0 Å². The number of carbonyl (C=O) groups is 2. The number of rotatable bonds is 3. The molecule has 19 heavy (non-hydrogen) atoms. The summed E-state index contributed by atoms with van der Waals surface area (Å²) in [5.74, 6) is 0.123. The van der Waals surface area contributed by atoms with E-state index in [4.69, 9.17) is 16.3 Å². The Kier molecular flexibility index (Phi) is 4.63. The van der Waals surface area contributed by atoms with Gasteiger partial charge < -0.3 is 15.0 Å². The molecule has 6 heteroatoms. The molecule has 1 fully saturated rings. The van der Waals surface area contributed by atoms with Crippen molar-refractivity contribution in [3.05, 3.63) is 29.3 Å². The Morgan fingerprint density at radius 3 is 3.00 bits per heavy atom. The molecule has 1 heterocycles. The van der Waals surface area contributed by atoms with Gasteiger partial charge in [-0.2, -0.15) is 0 Å². The van der Waals surface area contributed by atoms with E-state index >= 15 is 0 Å². The topological polar surface area (TPSA) is 58.6 Å². The highest BCUT2D eigenvalue weighted by Gasteiger charge is 2.20. The van der Waals surface area contributed by atoms with E-state index in [0.29, 0.717) is 23.9 Å². The van der Waals surface area contributed by atoms with Crippen LogP contribution in [0.3, 0.4) is 0 Å². The standard InChI is InChI=1S/C13H15ClN2O3/c14-10-4-1-2-5-11(10)19-9-13(18)16-7-3-6-15-12(17)8-16/h1-2,4-5H,3,6-9H2,(H,15,17). The van der Waals surface area contributed by atoms with Crippen LogP contribution in [-0.2, 0) is 9.59 Å². The second kappa shape index (κ2) is 6.43. The Balaban J connectivity index is 1.90. The summed E-state index contributed by atoms with van der Waals surface area (Å²) >= 11 is 5.93. The van der Waals surface area contributed by atoms with Crippen LogP contribution in [0.25, 0.3) is 0 Å². The summed E-state index contributed by atoms with van der Waals surface area (Å²) in [5, 5.41) is 3.18. The van der Waals surface area contributed by atoms with Crippen LogP contribution in [0.1, 0.15) is 6.42 Å². The molecular formula is C13H15ClN2O3. The van der Waals surface area contributed by atoms with E-state index in [1.165, 1.54) is 4.90 Å². The van der Waals surface area contributed by atoms with E-state index in [9.17, 15) is 9.59 Å². The van der Waals surface area contributed by atoms with Crippen LogP contribution < -0.4 is 10.1 Å². The summed E-state index contributed by atoms with van der Waals surface area (Å²) in [6, 6.07) is 6.96. The monoisotopic (exact) mass is 282 g/mol. The van der Waals surface area contributed by atoms with Crippen LogP contribution in [0.2, 0.25) is 5.02 Å². The molecule has 0 aromatic heterocycles. The second-order valence-electron chi connectivity index (χ2n) is 4.24. The Hall–Kier alpha value is -1.75. The van der Waals surface area contributed by atoms with Gasteiger partial charge in [0, 0.05) is 13.1 Å². The molecular weight excluding hydrogens is 268 g/mol. The van der Waals surface area contributed by atoms with E-state index in [0.717, 1.165) is 6.42 Å². The first kappa shape index (κ1) is 13.7. The molecule has 1 saturated heterocycles. The molecule has 2 amide bonds. The van der Waals surface area contributed by atoms with Crippen LogP contribution in [0, 0.1) is 0 Å². The summed E-state index contributed by atoms with van der Waals surface area (Å²) in [4.78, 5) is 24.8. The van der Waals surface area contributed by atoms with E-state index < -0.39 is 0 Å². The van der Waals surface area contributed by atoms with Gasteiger partial charge in [-0.25, -0.2) is 0 Å². The molecule has 2 rings (SSSR count). The molecule has 0 radical (unpaired) electrons. The van der Waals surface area contributed by atoms with Gasteiger partial charge in [0.25, 0.3) is 5.91 Å². The Morgan fingerprint density at radius 2 is 2.21 bits per heavy atom. The van der Waals surface area contributed by atoms with Crippen molar-refractivity contribution in [2.45, 2.75) is 6.42 Å². The smallest absolute Gasteiger partial charge is 0.260 e. The molecule has 0 spiro atoms. The summed E-state index contributed by atoms with van der Waals surface area (Å²) in [6.07, 6.45) is 0.754. The molecule has 1 N–H and O–H groups in total. The Labute approximate surface area is 116 Å². The second-order valence-corrected chi connectivity index (χ2v) is 4.65. The zero-order chi connectivity index (χ0) is 13.7. The van der Waals surface area contributed by atoms with Gasteiger partial charge in [-0.1, -0.05) is 23.7 Å². The third kappa shape index (κ3) is 3.86. The number of hydrogen-bond acceptors (Lipinski definition) is 3. The maximum atomic E-state index is 12.0. The third-order valence-corrected chi connectivity index (χ3v) is 3.11. The number of nitrogens with zero attached hydrogens (tertiary/aromatic N) is 1. The first-order valence-corrected chi connectivity index (χ1v) is 6.46. The fraction of sp³-hybridized carbons (Fsp3) is 0.385. The lowest BCUT2D eigenvalue weighted by Crippen LogP contribution is -2.39. The lowest BCUT2D eigenvalue weighted by molar-refractivity contribution is -0.136. The van der Waals surface area contributed by atoms with Crippen molar-refractivity contribution in [3.8, 4) is 5.75 Å². The van der Waals surface area contributed by atoms with Crippen LogP contribution >= 0.6 is 11.6 Å². The normalized spacial score (nSPS) is 15.6. The average Bonchev–Trinajstić information content (AvgIpc) is 2.62. The molecule has 1 aliphatic rings. The molecule has 1 aromatic rings.